The molecule has 6 nitrogen and oxygen atoms in total. The van der Waals surface area contributed by atoms with Gasteiger partial charge in [0.1, 0.15) is 5.54 Å². The fourth-order valence-corrected chi connectivity index (χ4v) is 3.19. The quantitative estimate of drug-likeness (QED) is 0.631. The van der Waals surface area contributed by atoms with Gasteiger partial charge in [0.2, 0.25) is 5.91 Å². The molecule has 0 aliphatic rings. The van der Waals surface area contributed by atoms with Crippen LogP contribution in [0.3, 0.4) is 0 Å². The van der Waals surface area contributed by atoms with Gasteiger partial charge in [0.05, 0.1) is 0 Å². The molecule has 144 valence electrons. The van der Waals surface area contributed by atoms with Gasteiger partial charge in [-0.05, 0) is 47.0 Å². The smallest absolute Gasteiger partial charge is 0.242 e. The Balaban J connectivity index is 2.00. The summed E-state index contributed by atoms with van der Waals surface area (Å²) in [7, 11) is 3.96. The molecule has 1 aromatic carbocycles. The van der Waals surface area contributed by atoms with E-state index in [-0.39, 0.29) is 0 Å². The molecule has 0 saturated carbocycles. The van der Waals surface area contributed by atoms with Crippen molar-refractivity contribution in [2.45, 2.75) is 18.5 Å². The second-order valence-electron chi connectivity index (χ2n) is 6.96. The number of amides is 1. The lowest BCUT2D eigenvalue weighted by atomic mass is 9.82. The average Bonchev–Trinajstić information content (AvgIpc) is 2.72. The summed E-state index contributed by atoms with van der Waals surface area (Å²) in [6.45, 7) is 0.470. The van der Waals surface area contributed by atoms with Crippen LogP contribution in [0.25, 0.3) is 0 Å². The Labute approximate surface area is 165 Å². The number of hydrogen-bond acceptors (Lipinski definition) is 5. The molecule has 1 atom stereocenters. The summed E-state index contributed by atoms with van der Waals surface area (Å²) in [5, 5.41) is 3.41. The number of hydrogen-bond donors (Lipinski definition) is 2. The lowest BCUT2D eigenvalue weighted by Crippen LogP contribution is -2.54. The Hall–Kier alpha value is -3.25. The van der Waals surface area contributed by atoms with Gasteiger partial charge >= 0.3 is 0 Å². The van der Waals surface area contributed by atoms with Crippen LogP contribution in [-0.2, 0) is 23.3 Å². The monoisotopic (exact) mass is 375 g/mol. The van der Waals surface area contributed by atoms with Gasteiger partial charge < -0.3 is 10.6 Å². The predicted molar refractivity (Wildman–Crippen MR) is 111 cm³/mol. The van der Waals surface area contributed by atoms with E-state index < -0.39 is 11.4 Å². The standard InChI is InChI=1S/C22H25N5O/c1-27(2)20-7-5-19(6-8-20)22(21(23)28,14-17-9-12-24-13-10-17)26-16-18-4-3-11-25-15-18/h3-13,15,26H,14,16H2,1-2H3,(H2,23,28). The van der Waals surface area contributed by atoms with Crippen LogP contribution in [0.2, 0.25) is 0 Å². The summed E-state index contributed by atoms with van der Waals surface area (Å²) in [6, 6.07) is 15.5. The summed E-state index contributed by atoms with van der Waals surface area (Å²) in [5.74, 6) is -0.425. The zero-order valence-electron chi connectivity index (χ0n) is 16.2. The fourth-order valence-electron chi connectivity index (χ4n) is 3.19. The second kappa shape index (κ2) is 8.63. The van der Waals surface area contributed by atoms with Crippen LogP contribution >= 0.6 is 0 Å². The van der Waals surface area contributed by atoms with Crippen LogP contribution in [0, 0.1) is 0 Å². The van der Waals surface area contributed by atoms with Crippen molar-refractivity contribution in [2.24, 2.45) is 5.73 Å². The molecule has 6 heteroatoms. The Kier molecular flexibility index (Phi) is 6.01. The van der Waals surface area contributed by atoms with E-state index in [1.807, 2.05) is 67.5 Å². The summed E-state index contributed by atoms with van der Waals surface area (Å²) in [5.41, 5.74) is 8.75. The van der Waals surface area contributed by atoms with Crippen molar-refractivity contribution in [3.8, 4) is 0 Å². The number of nitrogens with one attached hydrogen (secondary N) is 1. The first-order valence-electron chi connectivity index (χ1n) is 9.12. The van der Waals surface area contributed by atoms with Crippen LogP contribution in [0.1, 0.15) is 16.7 Å². The summed E-state index contributed by atoms with van der Waals surface area (Å²) >= 11 is 0. The molecule has 1 unspecified atom stereocenters. The number of nitrogens with two attached hydrogens (primary N) is 1. The summed E-state index contributed by atoms with van der Waals surface area (Å²) in [6.07, 6.45) is 7.36. The maximum absolute atomic E-state index is 12.8. The van der Waals surface area contributed by atoms with Crippen LogP contribution in [0.4, 0.5) is 5.69 Å². The normalized spacial score (nSPS) is 12.9. The maximum Gasteiger partial charge on any atom is 0.242 e. The zero-order valence-corrected chi connectivity index (χ0v) is 16.2. The molecule has 3 aromatic rings. The van der Waals surface area contributed by atoms with E-state index in [9.17, 15) is 4.79 Å². The highest BCUT2D eigenvalue weighted by atomic mass is 16.1. The number of aromatic nitrogens is 2. The van der Waals surface area contributed by atoms with Gasteiger partial charge in [-0.3, -0.25) is 20.1 Å². The van der Waals surface area contributed by atoms with E-state index in [0.29, 0.717) is 13.0 Å². The molecule has 0 radical (unpaired) electrons. The molecule has 3 rings (SSSR count). The highest BCUT2D eigenvalue weighted by Gasteiger charge is 2.38. The Bertz CT molecular complexity index is 897. The molecule has 0 aliphatic heterocycles. The molecule has 0 aliphatic carbocycles. The van der Waals surface area contributed by atoms with E-state index >= 15 is 0 Å². The molecule has 1 amide bonds. The van der Waals surface area contributed by atoms with Crippen molar-refractivity contribution in [1.82, 2.24) is 15.3 Å². The molecule has 2 aromatic heterocycles. The van der Waals surface area contributed by atoms with E-state index in [0.717, 1.165) is 22.4 Å². The number of rotatable bonds is 8. The SMILES string of the molecule is CN(C)c1ccc(C(Cc2ccncc2)(NCc2cccnc2)C(N)=O)cc1. The Morgan fingerprint density at radius 1 is 1.00 bits per heavy atom. The minimum absolute atomic E-state index is 0.423. The molecule has 2 heterocycles. The van der Waals surface area contributed by atoms with E-state index in [2.05, 4.69) is 15.3 Å². The highest BCUT2D eigenvalue weighted by molar-refractivity contribution is 5.86. The Morgan fingerprint density at radius 3 is 2.29 bits per heavy atom. The minimum Gasteiger partial charge on any atom is -0.378 e. The van der Waals surface area contributed by atoms with Crippen LogP contribution < -0.4 is 16.0 Å². The average molecular weight is 375 g/mol. The van der Waals surface area contributed by atoms with Gasteiger partial charge in [-0.2, -0.15) is 0 Å². The maximum atomic E-state index is 12.8. The largest absolute Gasteiger partial charge is 0.378 e. The molecular weight excluding hydrogens is 350 g/mol. The van der Waals surface area contributed by atoms with Gasteiger partial charge in [0, 0.05) is 57.5 Å². The number of primary amides is 1. The first kappa shape index (κ1) is 19.5. The number of nitrogens with zero attached hydrogens (tertiary/aromatic N) is 3. The topological polar surface area (TPSA) is 84.1 Å². The minimum atomic E-state index is -1.05. The van der Waals surface area contributed by atoms with Crippen molar-refractivity contribution in [3.63, 3.8) is 0 Å². The highest BCUT2D eigenvalue weighted by Crippen LogP contribution is 2.28. The van der Waals surface area contributed by atoms with Crippen molar-refractivity contribution in [3.05, 3.63) is 90.0 Å². The predicted octanol–water partition coefficient (Wildman–Crippen LogP) is 2.26. The number of anilines is 1. The Morgan fingerprint density at radius 2 is 1.71 bits per heavy atom. The van der Waals surface area contributed by atoms with E-state index in [1.165, 1.54) is 0 Å². The zero-order chi connectivity index (χ0) is 20.0. The van der Waals surface area contributed by atoms with Gasteiger partial charge in [-0.25, -0.2) is 0 Å². The first-order valence-corrected chi connectivity index (χ1v) is 9.12. The number of carbonyl (C=O) groups excluding carboxylic acids is 1. The number of carbonyl (C=O) groups is 1. The molecule has 0 fully saturated rings. The third-order valence-corrected chi connectivity index (χ3v) is 4.83. The summed E-state index contributed by atoms with van der Waals surface area (Å²) < 4.78 is 0. The molecule has 3 N–H and O–H groups in total. The van der Waals surface area contributed by atoms with E-state index in [1.54, 1.807) is 24.8 Å². The van der Waals surface area contributed by atoms with Crippen LogP contribution in [0.5, 0.6) is 0 Å². The number of pyridine rings is 2. The van der Waals surface area contributed by atoms with Gasteiger partial charge in [0.25, 0.3) is 0 Å². The molecule has 0 saturated heterocycles. The molecular formula is C22H25N5O. The van der Waals surface area contributed by atoms with Gasteiger partial charge in [-0.15, -0.1) is 0 Å². The molecule has 0 spiro atoms. The van der Waals surface area contributed by atoms with Crippen LogP contribution in [0.15, 0.2) is 73.3 Å². The lowest BCUT2D eigenvalue weighted by molar-refractivity contribution is -0.125. The van der Waals surface area contributed by atoms with Crippen molar-refractivity contribution < 1.29 is 4.79 Å². The van der Waals surface area contributed by atoms with Crippen molar-refractivity contribution >= 4 is 11.6 Å². The number of benzene rings is 1. The van der Waals surface area contributed by atoms with Gasteiger partial charge in [-0.1, -0.05) is 18.2 Å². The summed E-state index contributed by atoms with van der Waals surface area (Å²) in [4.78, 5) is 23.0. The lowest BCUT2D eigenvalue weighted by Gasteiger charge is -2.33. The third-order valence-electron chi connectivity index (χ3n) is 4.83. The van der Waals surface area contributed by atoms with E-state index in [4.69, 9.17) is 5.73 Å². The van der Waals surface area contributed by atoms with Crippen molar-refractivity contribution in [1.29, 1.82) is 0 Å². The van der Waals surface area contributed by atoms with Gasteiger partial charge in [0.15, 0.2) is 0 Å². The van der Waals surface area contributed by atoms with Crippen LogP contribution in [-0.4, -0.2) is 30.0 Å². The second-order valence-corrected chi connectivity index (χ2v) is 6.96. The first-order chi connectivity index (χ1) is 13.5. The molecule has 0 bridgehead atoms. The third kappa shape index (κ3) is 4.35. The fraction of sp³-hybridized carbons (Fsp3) is 0.227. The molecule has 28 heavy (non-hydrogen) atoms. The van der Waals surface area contributed by atoms with Crippen molar-refractivity contribution in [2.75, 3.05) is 19.0 Å².